The van der Waals surface area contributed by atoms with Gasteiger partial charge in [0.15, 0.2) is 0 Å². The Balaban J connectivity index is 2.80. The van der Waals surface area contributed by atoms with Crippen LogP contribution in [0.5, 0.6) is 0 Å². The van der Waals surface area contributed by atoms with Gasteiger partial charge in [0.05, 0.1) is 0 Å². The van der Waals surface area contributed by atoms with Gasteiger partial charge in [-0.3, -0.25) is 0 Å². The van der Waals surface area contributed by atoms with Crippen LogP contribution in [0.3, 0.4) is 0 Å². The first-order chi connectivity index (χ1) is 6.82. The van der Waals surface area contributed by atoms with E-state index in [4.69, 9.17) is 9.47 Å². The van der Waals surface area contributed by atoms with E-state index in [0.29, 0.717) is 12.3 Å². The number of hydrogen-bond acceptors (Lipinski definition) is 4. The number of esters is 2. The summed E-state index contributed by atoms with van der Waals surface area (Å²) in [5.41, 5.74) is 0.00280. The molecule has 1 aliphatic rings. The summed E-state index contributed by atoms with van der Waals surface area (Å²) in [5, 5.41) is 0. The predicted molar refractivity (Wildman–Crippen MR) is 53.8 cm³/mol. The molecular formula is C11H16O4. The largest absolute Gasteiger partial charge is 0.419 e. The number of carbonyl (C=O) groups excluding carboxylic acids is 2. The normalized spacial score (nSPS) is 19.9. The zero-order chi connectivity index (χ0) is 11.6. The molecule has 0 aliphatic carbocycles. The summed E-state index contributed by atoms with van der Waals surface area (Å²) >= 11 is 0. The van der Waals surface area contributed by atoms with Crippen LogP contribution in [0.25, 0.3) is 0 Å². The standard InChI is InChI=1S/C11H16O4/c1-7(2)5-6-8-9(12)14-11(3,4)15-10(8)13/h6-7H,5H2,1-4H3. The molecule has 0 amide bonds. The Labute approximate surface area is 89.2 Å². The fourth-order valence-electron chi connectivity index (χ4n) is 1.18. The van der Waals surface area contributed by atoms with E-state index in [1.54, 1.807) is 6.08 Å². The summed E-state index contributed by atoms with van der Waals surface area (Å²) in [7, 11) is 0. The van der Waals surface area contributed by atoms with E-state index in [1.807, 2.05) is 13.8 Å². The second kappa shape index (κ2) is 4.04. The minimum atomic E-state index is -1.15. The van der Waals surface area contributed by atoms with Crippen LogP contribution in [0.4, 0.5) is 0 Å². The van der Waals surface area contributed by atoms with Crippen molar-refractivity contribution in [1.29, 1.82) is 0 Å². The lowest BCUT2D eigenvalue weighted by Crippen LogP contribution is -2.41. The van der Waals surface area contributed by atoms with Gasteiger partial charge in [-0.1, -0.05) is 19.9 Å². The lowest BCUT2D eigenvalue weighted by atomic mass is 10.1. The SMILES string of the molecule is CC(C)CC=C1C(=O)OC(C)(C)OC1=O. The van der Waals surface area contributed by atoms with Crippen LogP contribution in [0.1, 0.15) is 34.1 Å². The fraction of sp³-hybridized carbons (Fsp3) is 0.636. The fourth-order valence-corrected chi connectivity index (χ4v) is 1.18. The van der Waals surface area contributed by atoms with Gasteiger partial charge >= 0.3 is 11.9 Å². The molecule has 1 aliphatic heterocycles. The summed E-state index contributed by atoms with van der Waals surface area (Å²) in [6, 6.07) is 0. The number of cyclic esters (lactones) is 2. The molecule has 4 heteroatoms. The molecule has 4 nitrogen and oxygen atoms in total. The zero-order valence-electron chi connectivity index (χ0n) is 9.49. The molecule has 84 valence electrons. The molecule has 0 radical (unpaired) electrons. The minimum Gasteiger partial charge on any atom is -0.419 e. The number of allylic oxidation sites excluding steroid dienone is 1. The van der Waals surface area contributed by atoms with Crippen molar-refractivity contribution >= 4 is 11.9 Å². The van der Waals surface area contributed by atoms with E-state index in [-0.39, 0.29) is 5.57 Å². The Hall–Kier alpha value is -1.32. The van der Waals surface area contributed by atoms with Crippen molar-refractivity contribution in [2.45, 2.75) is 39.9 Å². The molecule has 0 aromatic carbocycles. The molecule has 0 unspecified atom stereocenters. The lowest BCUT2D eigenvalue weighted by Gasteiger charge is -2.29. The van der Waals surface area contributed by atoms with Crippen molar-refractivity contribution < 1.29 is 19.1 Å². The molecule has 1 fully saturated rings. The molecule has 0 saturated carbocycles. The molecule has 1 heterocycles. The maximum atomic E-state index is 11.4. The van der Waals surface area contributed by atoms with E-state index < -0.39 is 17.7 Å². The molecule has 1 rings (SSSR count). The van der Waals surface area contributed by atoms with E-state index in [1.165, 1.54) is 13.8 Å². The first-order valence-electron chi connectivity index (χ1n) is 4.98. The van der Waals surface area contributed by atoms with Crippen molar-refractivity contribution in [2.75, 3.05) is 0 Å². The Kier molecular flexibility index (Phi) is 3.17. The maximum Gasteiger partial charge on any atom is 0.348 e. The topological polar surface area (TPSA) is 52.6 Å². The van der Waals surface area contributed by atoms with Gasteiger partial charge in [0, 0.05) is 13.8 Å². The quantitative estimate of drug-likeness (QED) is 0.398. The van der Waals surface area contributed by atoms with Gasteiger partial charge < -0.3 is 9.47 Å². The summed E-state index contributed by atoms with van der Waals surface area (Å²) in [5.74, 6) is -1.97. The summed E-state index contributed by atoms with van der Waals surface area (Å²) in [6.07, 6.45) is 2.23. The maximum absolute atomic E-state index is 11.4. The Morgan fingerprint density at radius 1 is 1.20 bits per heavy atom. The second-order valence-electron chi connectivity index (χ2n) is 4.43. The monoisotopic (exact) mass is 212 g/mol. The first-order valence-corrected chi connectivity index (χ1v) is 4.98. The van der Waals surface area contributed by atoms with Crippen molar-refractivity contribution in [2.24, 2.45) is 5.92 Å². The van der Waals surface area contributed by atoms with Crippen molar-refractivity contribution in [3.8, 4) is 0 Å². The second-order valence-corrected chi connectivity index (χ2v) is 4.43. The molecule has 0 aromatic heterocycles. The highest BCUT2D eigenvalue weighted by Gasteiger charge is 2.38. The molecule has 0 aromatic rings. The van der Waals surface area contributed by atoms with Crippen LogP contribution in [-0.2, 0) is 19.1 Å². The van der Waals surface area contributed by atoms with Crippen LogP contribution in [0.15, 0.2) is 11.6 Å². The van der Waals surface area contributed by atoms with Gasteiger partial charge in [0.2, 0.25) is 0 Å². The van der Waals surface area contributed by atoms with Crippen molar-refractivity contribution in [3.05, 3.63) is 11.6 Å². The van der Waals surface area contributed by atoms with Crippen LogP contribution in [0, 0.1) is 5.92 Å². The molecule has 15 heavy (non-hydrogen) atoms. The van der Waals surface area contributed by atoms with Gasteiger partial charge in [-0.15, -0.1) is 0 Å². The van der Waals surface area contributed by atoms with Gasteiger partial charge in [-0.05, 0) is 12.3 Å². The lowest BCUT2D eigenvalue weighted by molar-refractivity contribution is -0.222. The average Bonchev–Trinajstić information content (AvgIpc) is 1.98. The highest BCUT2D eigenvalue weighted by Crippen LogP contribution is 2.23. The zero-order valence-corrected chi connectivity index (χ0v) is 9.49. The molecule has 1 saturated heterocycles. The minimum absolute atomic E-state index is 0.00280. The average molecular weight is 212 g/mol. The number of rotatable bonds is 2. The summed E-state index contributed by atoms with van der Waals surface area (Å²) in [6.45, 7) is 7.06. The summed E-state index contributed by atoms with van der Waals surface area (Å²) < 4.78 is 9.88. The van der Waals surface area contributed by atoms with Crippen LogP contribution >= 0.6 is 0 Å². The van der Waals surface area contributed by atoms with Gasteiger partial charge in [-0.25, -0.2) is 9.59 Å². The number of carbonyl (C=O) groups is 2. The third kappa shape index (κ3) is 3.08. The van der Waals surface area contributed by atoms with Crippen LogP contribution in [0.2, 0.25) is 0 Å². The van der Waals surface area contributed by atoms with Gasteiger partial charge in [0.25, 0.3) is 5.79 Å². The van der Waals surface area contributed by atoms with Crippen molar-refractivity contribution in [1.82, 2.24) is 0 Å². The first kappa shape index (κ1) is 11.8. The van der Waals surface area contributed by atoms with Gasteiger partial charge in [-0.2, -0.15) is 0 Å². The Bertz CT molecular complexity index is 291. The molecular weight excluding hydrogens is 196 g/mol. The van der Waals surface area contributed by atoms with Crippen LogP contribution < -0.4 is 0 Å². The molecule has 0 bridgehead atoms. The van der Waals surface area contributed by atoms with Gasteiger partial charge in [0.1, 0.15) is 5.57 Å². The van der Waals surface area contributed by atoms with E-state index in [2.05, 4.69) is 0 Å². The van der Waals surface area contributed by atoms with Crippen LogP contribution in [-0.4, -0.2) is 17.7 Å². The third-order valence-corrected chi connectivity index (χ3v) is 1.91. The van der Waals surface area contributed by atoms with Crippen molar-refractivity contribution in [3.63, 3.8) is 0 Å². The number of hydrogen-bond donors (Lipinski definition) is 0. The highest BCUT2D eigenvalue weighted by molar-refractivity contribution is 6.15. The number of ether oxygens (including phenoxy) is 2. The Morgan fingerprint density at radius 2 is 1.67 bits per heavy atom. The predicted octanol–water partition coefficient (Wildman–Crippen LogP) is 1.79. The molecule has 0 atom stereocenters. The molecule has 0 spiro atoms. The Morgan fingerprint density at radius 3 is 2.07 bits per heavy atom. The molecule has 0 N–H and O–H groups in total. The van der Waals surface area contributed by atoms with E-state index in [0.717, 1.165) is 0 Å². The smallest absolute Gasteiger partial charge is 0.348 e. The van der Waals surface area contributed by atoms with E-state index in [9.17, 15) is 9.59 Å². The summed E-state index contributed by atoms with van der Waals surface area (Å²) in [4.78, 5) is 22.9. The third-order valence-electron chi connectivity index (χ3n) is 1.91. The highest BCUT2D eigenvalue weighted by atomic mass is 16.7. The van der Waals surface area contributed by atoms with E-state index >= 15 is 0 Å².